The Hall–Kier alpha value is -1.37. The van der Waals surface area contributed by atoms with E-state index in [1.807, 2.05) is 30.5 Å². The lowest BCUT2D eigenvalue weighted by Crippen LogP contribution is -2.44. The van der Waals surface area contributed by atoms with Gasteiger partial charge in [0.2, 0.25) is 0 Å². The molecule has 0 fully saturated rings. The lowest BCUT2D eigenvalue weighted by molar-refractivity contribution is 0.197. The molecule has 1 atom stereocenters. The number of amidine groups is 2. The Bertz CT molecular complexity index is 674. The molecule has 0 spiro atoms. The largest absolute Gasteiger partial charge is 0.385 e. The third-order valence-corrected chi connectivity index (χ3v) is 4.67. The van der Waals surface area contributed by atoms with Gasteiger partial charge in [0.25, 0.3) is 0 Å². The molecule has 122 valence electrons. The Morgan fingerprint density at radius 2 is 2.30 bits per heavy atom. The van der Waals surface area contributed by atoms with Crippen LogP contribution >= 0.6 is 27.5 Å². The van der Waals surface area contributed by atoms with Crippen LogP contribution in [-0.2, 0) is 4.74 Å². The molecule has 2 aliphatic heterocycles. The van der Waals surface area contributed by atoms with Gasteiger partial charge in [-0.25, -0.2) is 0 Å². The van der Waals surface area contributed by atoms with Crippen molar-refractivity contribution in [3.05, 3.63) is 41.1 Å². The summed E-state index contributed by atoms with van der Waals surface area (Å²) in [5.74, 6) is 1.64. The van der Waals surface area contributed by atoms with Crippen LogP contribution in [0.5, 0.6) is 0 Å². The summed E-state index contributed by atoms with van der Waals surface area (Å²) in [5, 5.41) is 4.08. The Kier molecular flexibility index (Phi) is 5.35. The molecule has 0 saturated carbocycles. The van der Waals surface area contributed by atoms with Crippen LogP contribution in [0.3, 0.4) is 0 Å². The van der Waals surface area contributed by atoms with Crippen LogP contribution in [0.1, 0.15) is 12.0 Å². The Labute approximate surface area is 149 Å². The van der Waals surface area contributed by atoms with E-state index in [0.717, 1.165) is 29.4 Å². The van der Waals surface area contributed by atoms with E-state index in [1.165, 1.54) is 0 Å². The molecule has 0 aliphatic carbocycles. The van der Waals surface area contributed by atoms with E-state index in [2.05, 4.69) is 36.1 Å². The standard InChI is InChI=1S/C16H18BrClN4O/c1-23-8-4-7-19-15-16-20-9-14(17)22(16)10-13(21-15)11-5-2-3-6-12(11)18/h2-3,5-6,10,14H,4,7-9H2,1H3,(H,19,21). The van der Waals surface area contributed by atoms with Crippen LogP contribution in [0, 0.1) is 0 Å². The predicted molar refractivity (Wildman–Crippen MR) is 98.2 cm³/mol. The summed E-state index contributed by atoms with van der Waals surface area (Å²) in [7, 11) is 1.70. The molecule has 0 bridgehead atoms. The molecule has 2 heterocycles. The molecule has 1 aromatic carbocycles. The van der Waals surface area contributed by atoms with Gasteiger partial charge in [-0.05, 0) is 12.5 Å². The molecule has 1 aromatic rings. The van der Waals surface area contributed by atoms with Crippen molar-refractivity contribution in [2.75, 3.05) is 26.8 Å². The van der Waals surface area contributed by atoms with Crippen molar-refractivity contribution < 1.29 is 4.74 Å². The fourth-order valence-corrected chi connectivity index (χ4v) is 3.18. The molecule has 23 heavy (non-hydrogen) atoms. The minimum Gasteiger partial charge on any atom is -0.385 e. The maximum Gasteiger partial charge on any atom is 0.172 e. The smallest absolute Gasteiger partial charge is 0.172 e. The van der Waals surface area contributed by atoms with Gasteiger partial charge in [-0.15, -0.1) is 0 Å². The molecule has 3 rings (SSSR count). The maximum absolute atomic E-state index is 6.33. The van der Waals surface area contributed by atoms with Gasteiger partial charge in [-0.2, -0.15) is 0 Å². The van der Waals surface area contributed by atoms with Gasteiger partial charge in [0.05, 0.1) is 12.2 Å². The van der Waals surface area contributed by atoms with E-state index in [4.69, 9.17) is 16.3 Å². The average Bonchev–Trinajstić information content (AvgIpc) is 2.93. The third kappa shape index (κ3) is 3.59. The van der Waals surface area contributed by atoms with Gasteiger partial charge >= 0.3 is 0 Å². The Morgan fingerprint density at radius 3 is 3.09 bits per heavy atom. The summed E-state index contributed by atoms with van der Waals surface area (Å²) >= 11 is 9.98. The highest BCUT2D eigenvalue weighted by Crippen LogP contribution is 2.28. The van der Waals surface area contributed by atoms with E-state index in [0.29, 0.717) is 24.7 Å². The lowest BCUT2D eigenvalue weighted by atomic mass is 10.1. The first-order valence-electron chi connectivity index (χ1n) is 7.45. The highest BCUT2D eigenvalue weighted by Gasteiger charge is 2.32. The van der Waals surface area contributed by atoms with Crippen molar-refractivity contribution in [1.29, 1.82) is 0 Å². The molecule has 5 nitrogen and oxygen atoms in total. The predicted octanol–water partition coefficient (Wildman–Crippen LogP) is 3.11. The zero-order chi connectivity index (χ0) is 16.2. The summed E-state index contributed by atoms with van der Waals surface area (Å²) in [5.41, 5.74) is 1.87. The van der Waals surface area contributed by atoms with Crippen molar-refractivity contribution in [2.24, 2.45) is 9.98 Å². The topological polar surface area (TPSA) is 49.2 Å². The minimum absolute atomic E-state index is 0.140. The molecule has 0 radical (unpaired) electrons. The molecular weight excluding hydrogens is 380 g/mol. The van der Waals surface area contributed by atoms with E-state index in [-0.39, 0.29) is 4.95 Å². The Balaban J connectivity index is 1.89. The number of nitrogens with zero attached hydrogens (tertiary/aromatic N) is 3. The zero-order valence-corrected chi connectivity index (χ0v) is 15.1. The normalized spacial score (nSPS) is 21.8. The average molecular weight is 398 g/mol. The number of rotatable bonds is 5. The molecule has 0 amide bonds. The van der Waals surface area contributed by atoms with E-state index in [1.54, 1.807) is 7.11 Å². The first-order valence-corrected chi connectivity index (χ1v) is 8.74. The fraction of sp³-hybridized carbons (Fsp3) is 0.375. The third-order valence-electron chi connectivity index (χ3n) is 3.61. The molecule has 1 unspecified atom stereocenters. The number of hydrogen-bond acceptors (Lipinski definition) is 4. The summed E-state index contributed by atoms with van der Waals surface area (Å²) in [6, 6.07) is 7.77. The van der Waals surface area contributed by atoms with Crippen LogP contribution in [0.4, 0.5) is 0 Å². The summed E-state index contributed by atoms with van der Waals surface area (Å²) in [4.78, 5) is 11.4. The fourth-order valence-electron chi connectivity index (χ4n) is 2.48. The van der Waals surface area contributed by atoms with Crippen LogP contribution in [0.15, 0.2) is 40.5 Å². The van der Waals surface area contributed by atoms with E-state index >= 15 is 0 Å². The number of aliphatic imine (C=N–C) groups is 2. The molecule has 7 heteroatoms. The van der Waals surface area contributed by atoms with Crippen LogP contribution < -0.4 is 5.32 Å². The lowest BCUT2D eigenvalue weighted by Gasteiger charge is -2.29. The number of methoxy groups -OCH3 is 1. The number of fused-ring (bicyclic) bond motifs is 1. The van der Waals surface area contributed by atoms with Gasteiger partial charge in [-0.1, -0.05) is 45.7 Å². The number of ether oxygens (including phenoxy) is 1. The minimum atomic E-state index is 0.140. The van der Waals surface area contributed by atoms with E-state index in [9.17, 15) is 0 Å². The molecule has 0 aromatic heterocycles. The number of alkyl halides is 1. The highest BCUT2D eigenvalue weighted by atomic mass is 79.9. The van der Waals surface area contributed by atoms with Gasteiger partial charge < -0.3 is 15.0 Å². The SMILES string of the molecule is COCCCN=C1NC(c2ccccc2Cl)=CN2C1=NCC2Br. The number of halogens is 2. The van der Waals surface area contributed by atoms with Crippen molar-refractivity contribution in [3.8, 4) is 0 Å². The van der Waals surface area contributed by atoms with Crippen molar-refractivity contribution in [3.63, 3.8) is 0 Å². The van der Waals surface area contributed by atoms with Crippen LogP contribution in [-0.4, -0.2) is 48.3 Å². The van der Waals surface area contributed by atoms with E-state index < -0.39 is 0 Å². The maximum atomic E-state index is 6.33. The van der Waals surface area contributed by atoms with Crippen molar-refractivity contribution in [2.45, 2.75) is 11.4 Å². The molecule has 1 N–H and O–H groups in total. The van der Waals surface area contributed by atoms with Crippen LogP contribution in [0.25, 0.3) is 5.70 Å². The summed E-state index contributed by atoms with van der Waals surface area (Å²) in [6.45, 7) is 2.08. The number of nitrogens with one attached hydrogen (secondary N) is 1. The molecule has 2 aliphatic rings. The second-order valence-corrected chi connectivity index (χ2v) is 6.69. The summed E-state index contributed by atoms with van der Waals surface area (Å²) in [6.07, 6.45) is 2.90. The highest BCUT2D eigenvalue weighted by molar-refractivity contribution is 9.09. The van der Waals surface area contributed by atoms with Gasteiger partial charge in [-0.3, -0.25) is 9.98 Å². The zero-order valence-electron chi connectivity index (χ0n) is 12.8. The second kappa shape index (κ2) is 7.47. The molecule has 0 saturated heterocycles. The number of hydrogen-bond donors (Lipinski definition) is 1. The number of benzene rings is 1. The quantitative estimate of drug-likeness (QED) is 0.472. The first-order chi connectivity index (χ1) is 11.2. The van der Waals surface area contributed by atoms with Gasteiger partial charge in [0.1, 0.15) is 4.95 Å². The van der Waals surface area contributed by atoms with Crippen LogP contribution in [0.2, 0.25) is 5.02 Å². The molecular formula is C16H18BrClN4O. The second-order valence-electron chi connectivity index (χ2n) is 5.23. The van der Waals surface area contributed by atoms with Gasteiger partial charge in [0.15, 0.2) is 11.7 Å². The monoisotopic (exact) mass is 396 g/mol. The van der Waals surface area contributed by atoms with Crippen molar-refractivity contribution in [1.82, 2.24) is 10.2 Å². The first kappa shape index (κ1) is 16.5. The van der Waals surface area contributed by atoms with Crippen molar-refractivity contribution >= 4 is 44.9 Å². The summed E-state index contributed by atoms with van der Waals surface area (Å²) < 4.78 is 5.07. The Morgan fingerprint density at radius 1 is 1.48 bits per heavy atom. The van der Waals surface area contributed by atoms with Gasteiger partial charge in [0, 0.05) is 37.0 Å².